The molecule has 1 unspecified atom stereocenters. The zero-order chi connectivity index (χ0) is 18.7. The summed E-state index contributed by atoms with van der Waals surface area (Å²) in [6.45, 7) is 14.5. The van der Waals surface area contributed by atoms with Crippen molar-refractivity contribution in [3.05, 3.63) is 34.1 Å². The van der Waals surface area contributed by atoms with Crippen molar-refractivity contribution in [3.63, 3.8) is 0 Å². The Bertz CT molecular complexity index is 591. The number of esters is 1. The van der Waals surface area contributed by atoms with Crippen LogP contribution in [0.25, 0.3) is 0 Å². The van der Waals surface area contributed by atoms with Crippen LogP contribution in [-0.2, 0) is 9.16 Å². The molecular formula is C18H28ClFO3Si. The summed E-state index contributed by atoms with van der Waals surface area (Å²) < 4.78 is 26.0. The Morgan fingerprint density at radius 1 is 1.29 bits per heavy atom. The topological polar surface area (TPSA) is 35.5 Å². The molecule has 0 heterocycles. The van der Waals surface area contributed by atoms with Gasteiger partial charge in [0.1, 0.15) is 5.82 Å². The van der Waals surface area contributed by atoms with Crippen LogP contribution in [0.15, 0.2) is 12.1 Å². The van der Waals surface area contributed by atoms with Crippen molar-refractivity contribution in [1.29, 1.82) is 0 Å². The Hall–Kier alpha value is -0.913. The monoisotopic (exact) mass is 374 g/mol. The lowest BCUT2D eigenvalue weighted by Crippen LogP contribution is -2.32. The van der Waals surface area contributed by atoms with Crippen LogP contribution in [-0.4, -0.2) is 27.5 Å². The van der Waals surface area contributed by atoms with Gasteiger partial charge in [-0.05, 0) is 44.1 Å². The number of rotatable bonds is 6. The van der Waals surface area contributed by atoms with Crippen LogP contribution in [0.2, 0.25) is 24.7 Å². The molecule has 24 heavy (non-hydrogen) atoms. The average molecular weight is 375 g/mol. The Labute approximate surface area is 150 Å². The maximum atomic E-state index is 15.1. The van der Waals surface area contributed by atoms with Crippen LogP contribution in [0.3, 0.4) is 0 Å². The van der Waals surface area contributed by atoms with E-state index in [2.05, 4.69) is 19.6 Å². The smallest absolute Gasteiger partial charge is 0.341 e. The van der Waals surface area contributed by atoms with E-state index in [4.69, 9.17) is 20.8 Å². The van der Waals surface area contributed by atoms with E-state index in [1.54, 1.807) is 13.0 Å². The molecule has 1 aromatic carbocycles. The first-order chi connectivity index (χ1) is 10.9. The number of carbonyl (C=O) groups is 1. The molecule has 0 fully saturated rings. The van der Waals surface area contributed by atoms with E-state index in [0.717, 1.165) is 0 Å². The highest BCUT2D eigenvalue weighted by Gasteiger charge is 2.34. The van der Waals surface area contributed by atoms with E-state index in [1.165, 1.54) is 6.07 Å². The first-order valence-corrected chi connectivity index (χ1v) is 12.0. The minimum atomic E-state index is -1.77. The molecule has 0 bridgehead atoms. The zero-order valence-corrected chi connectivity index (χ0v) is 17.4. The van der Waals surface area contributed by atoms with Crippen molar-refractivity contribution >= 4 is 25.9 Å². The summed E-state index contributed by atoms with van der Waals surface area (Å²) in [7, 11) is -1.77. The standard InChI is InChI=1S/C18H28ClFO3Si/c1-8-22-17(21)12-9-10-14(19)15(16(12)20)13(18(2,3)4)11-23-24(5,6)7/h9-10,13H,8,11H2,1-7H3. The molecule has 136 valence electrons. The van der Waals surface area contributed by atoms with Crippen LogP contribution < -0.4 is 0 Å². The Balaban J connectivity index is 3.36. The molecule has 0 radical (unpaired) electrons. The number of ether oxygens (including phenoxy) is 1. The van der Waals surface area contributed by atoms with E-state index < -0.39 is 20.1 Å². The van der Waals surface area contributed by atoms with E-state index >= 15 is 4.39 Å². The molecule has 1 atom stereocenters. The number of halogens is 2. The summed E-state index contributed by atoms with van der Waals surface area (Å²) in [4.78, 5) is 12.0. The third kappa shape index (κ3) is 5.57. The number of hydrogen-bond acceptors (Lipinski definition) is 3. The summed E-state index contributed by atoms with van der Waals surface area (Å²) in [6.07, 6.45) is 0. The lowest BCUT2D eigenvalue weighted by Gasteiger charge is -2.34. The van der Waals surface area contributed by atoms with Crippen molar-refractivity contribution in [2.45, 2.75) is 53.3 Å². The van der Waals surface area contributed by atoms with Crippen molar-refractivity contribution < 1.29 is 18.3 Å². The third-order valence-corrected chi connectivity index (χ3v) is 5.06. The molecule has 0 aromatic heterocycles. The van der Waals surface area contributed by atoms with Gasteiger partial charge in [0, 0.05) is 23.1 Å². The van der Waals surface area contributed by atoms with Gasteiger partial charge in [0.05, 0.1) is 12.2 Å². The highest BCUT2D eigenvalue weighted by atomic mass is 35.5. The second-order valence-corrected chi connectivity index (χ2v) is 12.8. The second kappa shape index (κ2) is 7.98. The van der Waals surface area contributed by atoms with Gasteiger partial charge in [0.25, 0.3) is 0 Å². The highest BCUT2D eigenvalue weighted by molar-refractivity contribution is 6.69. The fraction of sp³-hybridized carbons (Fsp3) is 0.611. The van der Waals surface area contributed by atoms with E-state index in [-0.39, 0.29) is 23.5 Å². The maximum absolute atomic E-state index is 15.1. The van der Waals surface area contributed by atoms with Crippen molar-refractivity contribution in [3.8, 4) is 0 Å². The fourth-order valence-corrected chi connectivity index (χ4v) is 3.30. The van der Waals surface area contributed by atoms with Crippen LogP contribution in [0.4, 0.5) is 4.39 Å². The molecule has 6 heteroatoms. The molecule has 0 aliphatic rings. The minimum absolute atomic E-state index is 0.0847. The van der Waals surface area contributed by atoms with Gasteiger partial charge in [-0.1, -0.05) is 32.4 Å². The summed E-state index contributed by atoms with van der Waals surface area (Å²) in [5.41, 5.74) is -0.0382. The molecule has 3 nitrogen and oxygen atoms in total. The number of carbonyl (C=O) groups excluding carboxylic acids is 1. The predicted molar refractivity (Wildman–Crippen MR) is 98.9 cm³/mol. The Kier molecular flexibility index (Phi) is 7.02. The lowest BCUT2D eigenvalue weighted by atomic mass is 9.76. The van der Waals surface area contributed by atoms with Gasteiger partial charge in [0.15, 0.2) is 8.32 Å². The Morgan fingerprint density at radius 2 is 1.88 bits per heavy atom. The Morgan fingerprint density at radius 3 is 2.33 bits per heavy atom. The van der Waals surface area contributed by atoms with Gasteiger partial charge < -0.3 is 9.16 Å². The van der Waals surface area contributed by atoms with Crippen LogP contribution in [0, 0.1) is 11.2 Å². The molecule has 0 aliphatic carbocycles. The largest absolute Gasteiger partial charge is 0.462 e. The van der Waals surface area contributed by atoms with E-state index in [0.29, 0.717) is 17.2 Å². The molecule has 0 N–H and O–H groups in total. The van der Waals surface area contributed by atoms with E-state index in [1.807, 2.05) is 20.8 Å². The van der Waals surface area contributed by atoms with Crippen molar-refractivity contribution in [1.82, 2.24) is 0 Å². The van der Waals surface area contributed by atoms with Gasteiger partial charge >= 0.3 is 5.97 Å². The predicted octanol–water partition coefficient (Wildman–Crippen LogP) is 5.64. The minimum Gasteiger partial charge on any atom is -0.462 e. The second-order valence-electron chi connectivity index (χ2n) is 7.89. The third-order valence-electron chi connectivity index (χ3n) is 3.70. The van der Waals surface area contributed by atoms with Gasteiger partial charge in [0.2, 0.25) is 0 Å². The van der Waals surface area contributed by atoms with Gasteiger partial charge in [-0.25, -0.2) is 9.18 Å². The molecule has 0 spiro atoms. The van der Waals surface area contributed by atoms with Gasteiger partial charge in [-0.15, -0.1) is 0 Å². The van der Waals surface area contributed by atoms with Gasteiger partial charge in [-0.2, -0.15) is 0 Å². The molecule has 0 saturated carbocycles. The number of hydrogen-bond donors (Lipinski definition) is 0. The number of benzene rings is 1. The average Bonchev–Trinajstić information content (AvgIpc) is 2.39. The van der Waals surface area contributed by atoms with Crippen molar-refractivity contribution in [2.75, 3.05) is 13.2 Å². The summed E-state index contributed by atoms with van der Waals surface area (Å²) in [5.74, 6) is -1.56. The molecular weight excluding hydrogens is 347 g/mol. The van der Waals surface area contributed by atoms with E-state index in [9.17, 15) is 4.79 Å². The quantitative estimate of drug-likeness (QED) is 0.477. The molecule has 0 saturated heterocycles. The van der Waals surface area contributed by atoms with Crippen LogP contribution >= 0.6 is 11.6 Å². The molecule has 0 aliphatic heterocycles. The fourth-order valence-electron chi connectivity index (χ4n) is 2.35. The first kappa shape index (κ1) is 21.1. The molecule has 1 aromatic rings. The molecule has 1 rings (SSSR count). The maximum Gasteiger partial charge on any atom is 0.341 e. The summed E-state index contributed by atoms with van der Waals surface area (Å²) in [6, 6.07) is 2.93. The van der Waals surface area contributed by atoms with Gasteiger partial charge in [-0.3, -0.25) is 0 Å². The normalized spacial score (nSPS) is 13.7. The van der Waals surface area contributed by atoms with Crippen LogP contribution in [0.5, 0.6) is 0 Å². The van der Waals surface area contributed by atoms with Crippen molar-refractivity contribution in [2.24, 2.45) is 5.41 Å². The first-order valence-electron chi connectivity index (χ1n) is 8.17. The summed E-state index contributed by atoms with van der Waals surface area (Å²) >= 11 is 6.30. The van der Waals surface area contributed by atoms with Crippen LogP contribution in [0.1, 0.15) is 49.5 Å². The zero-order valence-electron chi connectivity index (χ0n) is 15.6. The lowest BCUT2D eigenvalue weighted by molar-refractivity contribution is 0.0520. The SMILES string of the molecule is CCOC(=O)c1ccc(Cl)c(C(CO[Si](C)(C)C)C(C)(C)C)c1F. The summed E-state index contributed by atoms with van der Waals surface area (Å²) in [5, 5.41) is 0.305. The highest BCUT2D eigenvalue weighted by Crippen LogP contribution is 2.41. The molecule has 0 amide bonds.